The number of unbranched alkanes of at least 4 members (excludes halogenated alkanes) is 22. The van der Waals surface area contributed by atoms with Crippen LogP contribution in [-0.2, 0) is 28.6 Å². The molecule has 1 atom stereocenters. The minimum atomic E-state index is -0.788. The van der Waals surface area contributed by atoms with Crippen molar-refractivity contribution >= 4 is 17.9 Å². The van der Waals surface area contributed by atoms with E-state index in [0.29, 0.717) is 19.3 Å². The van der Waals surface area contributed by atoms with Crippen molar-refractivity contribution in [1.29, 1.82) is 0 Å². The molecule has 70 heavy (non-hydrogen) atoms. The van der Waals surface area contributed by atoms with Crippen LogP contribution in [-0.4, -0.2) is 37.2 Å². The summed E-state index contributed by atoms with van der Waals surface area (Å²) in [6.45, 7) is 6.44. The number of hydrogen-bond donors (Lipinski definition) is 0. The lowest BCUT2D eigenvalue weighted by atomic mass is 10.1. The Morgan fingerprint density at radius 2 is 0.557 bits per heavy atom. The van der Waals surface area contributed by atoms with Crippen molar-refractivity contribution in [1.82, 2.24) is 0 Å². The third-order valence-electron chi connectivity index (χ3n) is 12.0. The van der Waals surface area contributed by atoms with Crippen molar-refractivity contribution in [3.63, 3.8) is 0 Å². The van der Waals surface area contributed by atoms with Crippen molar-refractivity contribution in [2.24, 2.45) is 0 Å². The van der Waals surface area contributed by atoms with E-state index in [4.69, 9.17) is 14.2 Å². The summed E-state index contributed by atoms with van der Waals surface area (Å²) >= 11 is 0. The lowest BCUT2D eigenvalue weighted by molar-refractivity contribution is -0.167. The molecule has 0 fully saturated rings. The summed E-state index contributed by atoms with van der Waals surface area (Å²) in [6, 6.07) is 0. The van der Waals surface area contributed by atoms with Gasteiger partial charge in [-0.3, -0.25) is 14.4 Å². The van der Waals surface area contributed by atoms with Crippen molar-refractivity contribution in [3.8, 4) is 0 Å². The van der Waals surface area contributed by atoms with Gasteiger partial charge in [0.2, 0.25) is 0 Å². The van der Waals surface area contributed by atoms with Crippen molar-refractivity contribution in [2.45, 2.75) is 264 Å². The molecule has 0 aromatic heterocycles. The highest BCUT2D eigenvalue weighted by atomic mass is 16.6. The molecule has 0 N–H and O–H groups in total. The molecule has 0 aromatic rings. The molecule has 0 aliphatic rings. The van der Waals surface area contributed by atoms with Gasteiger partial charge in [0.15, 0.2) is 6.10 Å². The molecule has 0 spiro atoms. The van der Waals surface area contributed by atoms with E-state index in [1.165, 1.54) is 83.5 Å². The molecule has 0 aromatic carbocycles. The molecule has 0 radical (unpaired) electrons. The number of allylic oxidation sites excluding steroid dienone is 18. The molecular weight excluding hydrogens is 865 g/mol. The predicted molar refractivity (Wildman–Crippen MR) is 302 cm³/mol. The van der Waals surface area contributed by atoms with E-state index >= 15 is 0 Å². The summed E-state index contributed by atoms with van der Waals surface area (Å²) in [6.07, 6.45) is 78.1. The fraction of sp³-hybridized carbons (Fsp3) is 0.672. The molecule has 6 nitrogen and oxygen atoms in total. The van der Waals surface area contributed by atoms with E-state index in [9.17, 15) is 14.4 Å². The van der Waals surface area contributed by atoms with Gasteiger partial charge >= 0.3 is 17.9 Å². The van der Waals surface area contributed by atoms with Crippen LogP contribution in [0.2, 0.25) is 0 Å². The molecule has 0 rings (SSSR count). The highest BCUT2D eigenvalue weighted by molar-refractivity contribution is 5.71. The van der Waals surface area contributed by atoms with Crippen LogP contribution in [0.1, 0.15) is 258 Å². The summed E-state index contributed by atoms with van der Waals surface area (Å²) in [5.74, 6) is -0.918. The van der Waals surface area contributed by atoms with Gasteiger partial charge in [0.1, 0.15) is 13.2 Å². The van der Waals surface area contributed by atoms with Crippen LogP contribution in [0.15, 0.2) is 109 Å². The average Bonchev–Trinajstić information content (AvgIpc) is 3.36. The Bertz CT molecular complexity index is 1440. The lowest BCUT2D eigenvalue weighted by Gasteiger charge is -2.18. The van der Waals surface area contributed by atoms with Crippen molar-refractivity contribution in [3.05, 3.63) is 109 Å². The second kappa shape index (κ2) is 57.6. The molecule has 398 valence electrons. The average molecular weight is 972 g/mol. The molecule has 0 heterocycles. The second-order valence-electron chi connectivity index (χ2n) is 18.8. The minimum Gasteiger partial charge on any atom is -0.462 e. The van der Waals surface area contributed by atoms with Crippen LogP contribution in [0.25, 0.3) is 0 Å². The first-order valence-electron chi connectivity index (χ1n) is 28.9. The van der Waals surface area contributed by atoms with Gasteiger partial charge < -0.3 is 14.2 Å². The predicted octanol–water partition coefficient (Wildman–Crippen LogP) is 19.5. The standard InChI is InChI=1S/C64H106O6/c1-4-7-10-13-16-19-21-23-25-26-27-28-29-30-31-32-33-34-35-36-37-38-40-41-43-45-48-51-54-57-63(66)69-60-61(59-68-62(65)56-53-50-47-18-15-12-9-6-3)70-64(67)58-55-52-49-46-44-42-39-24-22-20-17-14-11-8-5-2/h7,10,16-17,19-20,23-25,27-28,30-31,33-34,36-37,39,61H,4-6,8-9,11-15,18,21-22,26,29,32,35,38,40-60H2,1-3H3/b10-7-,19-16-,20-17-,25-23-,28-27-,31-30-,34-33-,37-36-,39-24-. The number of rotatable bonds is 51. The van der Waals surface area contributed by atoms with Crippen molar-refractivity contribution in [2.75, 3.05) is 13.2 Å². The fourth-order valence-corrected chi connectivity index (χ4v) is 7.69. The van der Waals surface area contributed by atoms with E-state index in [2.05, 4.69) is 130 Å². The van der Waals surface area contributed by atoms with E-state index in [0.717, 1.165) is 135 Å². The van der Waals surface area contributed by atoms with Gasteiger partial charge in [-0.2, -0.15) is 0 Å². The van der Waals surface area contributed by atoms with E-state index < -0.39 is 6.10 Å². The third-order valence-corrected chi connectivity index (χ3v) is 12.0. The zero-order valence-corrected chi connectivity index (χ0v) is 45.5. The van der Waals surface area contributed by atoms with E-state index in [-0.39, 0.29) is 31.1 Å². The lowest BCUT2D eigenvalue weighted by Crippen LogP contribution is -2.30. The molecule has 0 saturated carbocycles. The molecule has 0 saturated heterocycles. The Kier molecular flexibility index (Phi) is 54.4. The summed E-state index contributed by atoms with van der Waals surface area (Å²) in [5.41, 5.74) is 0. The first-order valence-corrected chi connectivity index (χ1v) is 28.9. The fourth-order valence-electron chi connectivity index (χ4n) is 7.69. The second-order valence-corrected chi connectivity index (χ2v) is 18.8. The molecule has 0 amide bonds. The molecular formula is C64H106O6. The maximum absolute atomic E-state index is 12.8. The third kappa shape index (κ3) is 55.0. The van der Waals surface area contributed by atoms with Crippen LogP contribution in [0.4, 0.5) is 0 Å². The Morgan fingerprint density at radius 1 is 0.300 bits per heavy atom. The molecule has 1 unspecified atom stereocenters. The monoisotopic (exact) mass is 971 g/mol. The highest BCUT2D eigenvalue weighted by Gasteiger charge is 2.19. The number of esters is 3. The summed E-state index contributed by atoms with van der Waals surface area (Å²) in [4.78, 5) is 38.0. The Labute approximate surface area is 431 Å². The summed E-state index contributed by atoms with van der Waals surface area (Å²) in [7, 11) is 0. The highest BCUT2D eigenvalue weighted by Crippen LogP contribution is 2.14. The zero-order valence-electron chi connectivity index (χ0n) is 45.5. The maximum Gasteiger partial charge on any atom is 0.306 e. The van der Waals surface area contributed by atoms with E-state index in [1.54, 1.807) is 0 Å². The van der Waals surface area contributed by atoms with Gasteiger partial charge in [0, 0.05) is 19.3 Å². The smallest absolute Gasteiger partial charge is 0.306 e. The molecule has 0 aliphatic heterocycles. The molecule has 0 aliphatic carbocycles. The van der Waals surface area contributed by atoms with Gasteiger partial charge in [0.25, 0.3) is 0 Å². The summed E-state index contributed by atoms with van der Waals surface area (Å²) in [5, 5.41) is 0. The van der Waals surface area contributed by atoms with Crippen LogP contribution >= 0.6 is 0 Å². The Morgan fingerprint density at radius 3 is 0.900 bits per heavy atom. The van der Waals surface area contributed by atoms with Crippen molar-refractivity contribution < 1.29 is 28.6 Å². The van der Waals surface area contributed by atoms with Gasteiger partial charge in [0.05, 0.1) is 0 Å². The normalized spacial score (nSPS) is 12.9. The Hall–Kier alpha value is -3.93. The van der Waals surface area contributed by atoms with Crippen LogP contribution < -0.4 is 0 Å². The van der Waals surface area contributed by atoms with Crippen LogP contribution in [0.5, 0.6) is 0 Å². The molecule has 0 bridgehead atoms. The largest absolute Gasteiger partial charge is 0.462 e. The number of ether oxygens (including phenoxy) is 3. The zero-order chi connectivity index (χ0) is 50.7. The SMILES string of the molecule is CC/C=C\C/C=C\C/C=C\C/C=C\C/C=C\C/C=C\C/C=C\CCCCCCCCCC(=O)OCC(COC(=O)CCCCCCCCCC)OC(=O)CCCCCCC/C=C\C/C=C\CCCCC. The molecule has 6 heteroatoms. The van der Waals surface area contributed by atoms with Crippen LogP contribution in [0, 0.1) is 0 Å². The van der Waals surface area contributed by atoms with Gasteiger partial charge in [-0.25, -0.2) is 0 Å². The van der Waals surface area contributed by atoms with Gasteiger partial charge in [-0.1, -0.05) is 239 Å². The minimum absolute atomic E-state index is 0.0870. The van der Waals surface area contributed by atoms with E-state index in [1.807, 2.05) is 0 Å². The van der Waals surface area contributed by atoms with Gasteiger partial charge in [-0.15, -0.1) is 0 Å². The Balaban J connectivity index is 4.24. The number of carbonyl (C=O) groups excluding carboxylic acids is 3. The number of hydrogen-bond acceptors (Lipinski definition) is 6. The maximum atomic E-state index is 12.8. The topological polar surface area (TPSA) is 78.9 Å². The first kappa shape index (κ1) is 66.1. The van der Waals surface area contributed by atoms with Crippen LogP contribution in [0.3, 0.4) is 0 Å². The first-order chi connectivity index (χ1) is 34.5. The quantitative estimate of drug-likeness (QED) is 0.0262. The van der Waals surface area contributed by atoms with Gasteiger partial charge in [-0.05, 0) is 109 Å². The number of carbonyl (C=O) groups is 3. The summed E-state index contributed by atoms with van der Waals surface area (Å²) < 4.78 is 16.8.